The van der Waals surface area contributed by atoms with E-state index in [2.05, 4.69) is 47.6 Å². The summed E-state index contributed by atoms with van der Waals surface area (Å²) < 4.78 is 1.66. The molecule has 0 spiro atoms. The molecule has 15 heavy (non-hydrogen) atoms. The van der Waals surface area contributed by atoms with Crippen molar-refractivity contribution in [2.45, 2.75) is 54.4 Å². The van der Waals surface area contributed by atoms with Gasteiger partial charge in [-0.25, -0.2) is 0 Å². The summed E-state index contributed by atoms with van der Waals surface area (Å²) in [6.07, 6.45) is 5.08. The molecule has 0 aromatic rings. The maximum atomic E-state index is 2.49. The Bertz CT molecular complexity index is 283. The molecule has 1 aliphatic carbocycles. The Morgan fingerprint density at radius 1 is 1.20 bits per heavy atom. The molecule has 0 bridgehead atoms. The van der Waals surface area contributed by atoms with E-state index in [0.29, 0.717) is 10.8 Å². The molecule has 0 aromatic carbocycles. The molecule has 0 heterocycles. The fraction of sp³-hybridized carbons (Fsp3) is 0.786. The van der Waals surface area contributed by atoms with Gasteiger partial charge in [-0.2, -0.15) is 0 Å². The van der Waals surface area contributed by atoms with Crippen LogP contribution in [0.3, 0.4) is 0 Å². The van der Waals surface area contributed by atoms with Crippen LogP contribution in [-0.4, -0.2) is 3.90 Å². The Labute approximate surface area is 106 Å². The van der Waals surface area contributed by atoms with E-state index in [4.69, 9.17) is 0 Å². The number of hydrogen-bond donors (Lipinski definition) is 0. The molecular formula is C14H24W. The van der Waals surface area contributed by atoms with Crippen molar-refractivity contribution in [2.75, 3.05) is 0 Å². The Kier molecular flexibility index (Phi) is 3.82. The molecule has 0 saturated heterocycles. The van der Waals surface area contributed by atoms with Gasteiger partial charge in [0.25, 0.3) is 0 Å². The van der Waals surface area contributed by atoms with Gasteiger partial charge in [-0.15, -0.1) is 0 Å². The Hall–Kier alpha value is 0.298. The van der Waals surface area contributed by atoms with Gasteiger partial charge in [0, 0.05) is 0 Å². The molecule has 0 fully saturated rings. The Morgan fingerprint density at radius 2 is 1.73 bits per heavy atom. The van der Waals surface area contributed by atoms with Gasteiger partial charge < -0.3 is 0 Å². The molecule has 1 heteroatoms. The van der Waals surface area contributed by atoms with Crippen molar-refractivity contribution in [3.05, 3.63) is 11.6 Å². The summed E-state index contributed by atoms with van der Waals surface area (Å²) in [4.78, 5) is 0. The summed E-state index contributed by atoms with van der Waals surface area (Å²) in [5.41, 5.74) is 2.48. The van der Waals surface area contributed by atoms with Crippen LogP contribution in [0.4, 0.5) is 0 Å². The molecule has 1 unspecified atom stereocenters. The van der Waals surface area contributed by atoms with Crippen molar-refractivity contribution in [3.8, 4) is 0 Å². The van der Waals surface area contributed by atoms with Crippen LogP contribution in [0.15, 0.2) is 11.6 Å². The summed E-state index contributed by atoms with van der Waals surface area (Å²) in [6, 6.07) is 0. The topological polar surface area (TPSA) is 0 Å². The van der Waals surface area contributed by atoms with Crippen molar-refractivity contribution < 1.29 is 19.4 Å². The molecule has 0 nitrogen and oxygen atoms in total. The van der Waals surface area contributed by atoms with Crippen LogP contribution in [0.2, 0.25) is 0 Å². The second-order valence-electron chi connectivity index (χ2n) is 6.81. The van der Waals surface area contributed by atoms with Crippen LogP contribution >= 0.6 is 0 Å². The van der Waals surface area contributed by atoms with Gasteiger partial charge in [0.2, 0.25) is 0 Å². The average molecular weight is 376 g/mol. The van der Waals surface area contributed by atoms with Crippen molar-refractivity contribution in [3.63, 3.8) is 0 Å². The maximum absolute atomic E-state index is 2.49. The predicted molar refractivity (Wildman–Crippen MR) is 64.7 cm³/mol. The fourth-order valence-corrected chi connectivity index (χ4v) is 2.64. The number of rotatable bonds is 1. The summed E-state index contributed by atoms with van der Waals surface area (Å²) in [7, 11) is 0. The first-order valence-electron chi connectivity index (χ1n) is 5.86. The Balaban J connectivity index is 2.69. The molecule has 0 N–H and O–H groups in total. The van der Waals surface area contributed by atoms with Gasteiger partial charge in [-0.1, -0.05) is 0 Å². The van der Waals surface area contributed by atoms with Crippen LogP contribution in [0.1, 0.15) is 54.4 Å². The van der Waals surface area contributed by atoms with E-state index in [-0.39, 0.29) is 0 Å². The third-order valence-corrected chi connectivity index (χ3v) is 6.45. The third kappa shape index (κ3) is 3.38. The normalized spacial score (nSPS) is 22.8. The zero-order valence-electron chi connectivity index (χ0n) is 11.0. The van der Waals surface area contributed by atoms with Crippen LogP contribution in [-0.2, 0) is 19.4 Å². The average Bonchev–Trinajstić information content (AvgIpc) is 2.47. The van der Waals surface area contributed by atoms with Gasteiger partial charge in [0.05, 0.1) is 0 Å². The third-order valence-electron chi connectivity index (χ3n) is 3.31. The van der Waals surface area contributed by atoms with E-state index in [0.717, 1.165) is 5.92 Å². The van der Waals surface area contributed by atoms with Crippen molar-refractivity contribution in [1.29, 1.82) is 0 Å². The van der Waals surface area contributed by atoms with E-state index < -0.39 is 0 Å². The minimum atomic E-state index is 0.369. The van der Waals surface area contributed by atoms with Crippen LogP contribution in [0, 0.1) is 16.7 Å². The summed E-state index contributed by atoms with van der Waals surface area (Å²) in [5.74, 6) is 0.851. The molecule has 1 rings (SSSR count). The zero-order valence-corrected chi connectivity index (χ0v) is 13.9. The molecule has 1 aliphatic rings. The monoisotopic (exact) mass is 376 g/mol. The van der Waals surface area contributed by atoms with Gasteiger partial charge >= 0.3 is 106 Å². The second-order valence-corrected chi connectivity index (χ2v) is 8.28. The first-order valence-corrected chi connectivity index (χ1v) is 7.33. The quantitative estimate of drug-likeness (QED) is 0.646. The molecular weight excluding hydrogens is 352 g/mol. The van der Waals surface area contributed by atoms with Gasteiger partial charge in [-0.05, 0) is 0 Å². The van der Waals surface area contributed by atoms with Gasteiger partial charge in [0.1, 0.15) is 0 Å². The molecule has 1 atom stereocenters. The van der Waals surface area contributed by atoms with Crippen LogP contribution in [0.5, 0.6) is 0 Å². The van der Waals surface area contributed by atoms with E-state index in [1.807, 2.05) is 0 Å². The van der Waals surface area contributed by atoms with Crippen molar-refractivity contribution >= 4 is 3.90 Å². The predicted octanol–water partition coefficient (Wildman–Crippen LogP) is 4.13. The van der Waals surface area contributed by atoms with E-state index in [1.54, 1.807) is 28.8 Å². The summed E-state index contributed by atoms with van der Waals surface area (Å²) in [5, 5.41) is 0. The van der Waals surface area contributed by atoms with Crippen molar-refractivity contribution in [2.24, 2.45) is 16.7 Å². The van der Waals surface area contributed by atoms with Crippen molar-refractivity contribution in [1.82, 2.24) is 0 Å². The standard InChI is InChI=1S/C14H24.W/c1-13(2,3)10-11-7-8-12(9-11)14(4,5)6;/h7,12H,8-9H2,1-6H3;. The number of allylic oxidation sites excluding steroid dienone is 2. The second kappa shape index (κ2) is 4.28. The molecule has 0 saturated carbocycles. The number of hydrogen-bond acceptors (Lipinski definition) is 0. The molecule has 0 amide bonds. The zero-order chi connectivity index (χ0) is 11.9. The summed E-state index contributed by atoms with van der Waals surface area (Å²) >= 11 is 1.65. The van der Waals surface area contributed by atoms with Crippen LogP contribution < -0.4 is 0 Å². The molecule has 0 aliphatic heterocycles. The van der Waals surface area contributed by atoms with Gasteiger partial charge in [-0.3, -0.25) is 0 Å². The summed E-state index contributed by atoms with van der Waals surface area (Å²) in [6.45, 7) is 14.1. The SMILES string of the molecule is CC(C)(C)[C](=[W])C1=CCC(C(C)(C)C)C1. The fourth-order valence-electron chi connectivity index (χ4n) is 2.04. The van der Waals surface area contributed by atoms with E-state index in [1.165, 1.54) is 12.8 Å². The molecule has 0 radical (unpaired) electrons. The van der Waals surface area contributed by atoms with Crippen LogP contribution in [0.25, 0.3) is 0 Å². The van der Waals surface area contributed by atoms with Gasteiger partial charge in [0.15, 0.2) is 0 Å². The molecule has 0 aromatic heterocycles. The first kappa shape index (κ1) is 13.4. The van der Waals surface area contributed by atoms with E-state index >= 15 is 0 Å². The van der Waals surface area contributed by atoms with E-state index in [9.17, 15) is 0 Å². The molecule has 86 valence electrons. The first-order chi connectivity index (χ1) is 6.62. The minimum absolute atomic E-state index is 0.369. The Morgan fingerprint density at radius 3 is 2.07 bits per heavy atom.